The van der Waals surface area contributed by atoms with E-state index >= 15 is 0 Å². The summed E-state index contributed by atoms with van der Waals surface area (Å²) in [7, 11) is 0. The molecule has 5 heteroatoms. The van der Waals surface area contributed by atoms with Crippen LogP contribution >= 0.6 is 24.0 Å². The molecule has 1 heterocycles. The Bertz CT molecular complexity index is 516. The van der Waals surface area contributed by atoms with Crippen LogP contribution in [0.1, 0.15) is 10.4 Å². The van der Waals surface area contributed by atoms with Crippen LogP contribution in [0.3, 0.4) is 0 Å². The maximum absolute atomic E-state index is 10.7. The SMILES string of the molecule is O=C(O)c1cc(S)c2sccc2c1O. The third-order valence-corrected chi connectivity index (χ3v) is 3.37. The van der Waals surface area contributed by atoms with Crippen molar-refractivity contribution in [1.82, 2.24) is 0 Å². The molecule has 14 heavy (non-hydrogen) atoms. The van der Waals surface area contributed by atoms with Crippen LogP contribution in [0.15, 0.2) is 22.4 Å². The van der Waals surface area contributed by atoms with Gasteiger partial charge >= 0.3 is 5.97 Å². The number of thiophene rings is 1. The van der Waals surface area contributed by atoms with Crippen LogP contribution in [0.25, 0.3) is 10.1 Å². The number of carboxylic acids is 1. The number of fused-ring (bicyclic) bond motifs is 1. The first-order valence-electron chi connectivity index (χ1n) is 3.76. The highest BCUT2D eigenvalue weighted by Crippen LogP contribution is 2.36. The summed E-state index contributed by atoms with van der Waals surface area (Å²) in [5.74, 6) is -1.34. The first kappa shape index (κ1) is 9.36. The molecule has 1 aromatic carbocycles. The summed E-state index contributed by atoms with van der Waals surface area (Å²) in [6.07, 6.45) is 0. The number of hydrogen-bond donors (Lipinski definition) is 3. The number of carbonyl (C=O) groups is 1. The molecule has 0 unspecified atom stereocenters. The zero-order valence-corrected chi connectivity index (χ0v) is 8.60. The van der Waals surface area contributed by atoms with E-state index in [0.29, 0.717) is 10.3 Å². The van der Waals surface area contributed by atoms with Gasteiger partial charge in [-0.2, -0.15) is 0 Å². The second kappa shape index (κ2) is 3.18. The molecule has 0 spiro atoms. The lowest BCUT2D eigenvalue weighted by molar-refractivity contribution is 0.0694. The molecule has 0 aliphatic heterocycles. The van der Waals surface area contributed by atoms with Crippen LogP contribution in [0.2, 0.25) is 0 Å². The van der Waals surface area contributed by atoms with Gasteiger partial charge in [0.05, 0.1) is 4.70 Å². The molecule has 0 fully saturated rings. The van der Waals surface area contributed by atoms with E-state index in [9.17, 15) is 9.90 Å². The zero-order chi connectivity index (χ0) is 10.3. The van der Waals surface area contributed by atoms with Gasteiger partial charge in [0.25, 0.3) is 0 Å². The first-order valence-corrected chi connectivity index (χ1v) is 5.09. The summed E-state index contributed by atoms with van der Waals surface area (Å²) in [6.45, 7) is 0. The third kappa shape index (κ3) is 1.25. The van der Waals surface area contributed by atoms with E-state index in [2.05, 4.69) is 12.6 Å². The molecule has 0 radical (unpaired) electrons. The van der Waals surface area contributed by atoms with Gasteiger partial charge in [-0.05, 0) is 17.5 Å². The molecule has 3 nitrogen and oxygen atoms in total. The maximum atomic E-state index is 10.7. The van der Waals surface area contributed by atoms with Gasteiger partial charge in [0.1, 0.15) is 11.3 Å². The number of phenols is 1. The molecule has 2 rings (SSSR count). The van der Waals surface area contributed by atoms with E-state index < -0.39 is 5.97 Å². The van der Waals surface area contributed by atoms with Crippen molar-refractivity contribution in [2.45, 2.75) is 4.90 Å². The van der Waals surface area contributed by atoms with Crippen LogP contribution in [0.5, 0.6) is 5.75 Å². The monoisotopic (exact) mass is 226 g/mol. The topological polar surface area (TPSA) is 57.5 Å². The summed E-state index contributed by atoms with van der Waals surface area (Å²) in [5, 5.41) is 20.8. The van der Waals surface area contributed by atoms with Crippen molar-refractivity contribution in [2.75, 3.05) is 0 Å². The molecule has 72 valence electrons. The van der Waals surface area contributed by atoms with E-state index in [4.69, 9.17) is 5.11 Å². The van der Waals surface area contributed by atoms with Gasteiger partial charge in [-0.3, -0.25) is 0 Å². The average Bonchev–Trinajstić information content (AvgIpc) is 2.59. The van der Waals surface area contributed by atoms with E-state index in [1.807, 2.05) is 0 Å². The minimum atomic E-state index is -1.15. The molecule has 2 N–H and O–H groups in total. The van der Waals surface area contributed by atoms with Crippen molar-refractivity contribution < 1.29 is 15.0 Å². The fourth-order valence-corrected chi connectivity index (χ4v) is 2.49. The molecule has 0 saturated carbocycles. The molecule has 0 saturated heterocycles. The summed E-state index contributed by atoms with van der Waals surface area (Å²) in [6, 6.07) is 3.04. The highest BCUT2D eigenvalue weighted by molar-refractivity contribution is 7.80. The number of rotatable bonds is 1. The molecular weight excluding hydrogens is 220 g/mol. The summed E-state index contributed by atoms with van der Waals surface area (Å²) >= 11 is 5.58. The molecule has 0 aliphatic carbocycles. The quantitative estimate of drug-likeness (QED) is 0.655. The molecular formula is C9H6O3S2. The van der Waals surface area contributed by atoms with Gasteiger partial charge in [0.2, 0.25) is 0 Å². The van der Waals surface area contributed by atoms with Crippen LogP contribution in [-0.4, -0.2) is 16.2 Å². The second-order valence-electron chi connectivity index (χ2n) is 2.76. The Morgan fingerprint density at radius 1 is 1.50 bits per heavy atom. The zero-order valence-electron chi connectivity index (χ0n) is 6.89. The van der Waals surface area contributed by atoms with Gasteiger partial charge in [-0.25, -0.2) is 4.79 Å². The summed E-state index contributed by atoms with van der Waals surface area (Å²) in [5.41, 5.74) is -0.110. The number of aromatic hydroxyl groups is 1. The molecule has 0 amide bonds. The Kier molecular flexibility index (Phi) is 2.13. The fourth-order valence-electron chi connectivity index (χ4n) is 1.27. The lowest BCUT2D eigenvalue weighted by Gasteiger charge is -2.02. The van der Waals surface area contributed by atoms with Crippen LogP contribution < -0.4 is 0 Å². The average molecular weight is 226 g/mol. The molecule has 1 aromatic heterocycles. The first-order chi connectivity index (χ1) is 6.61. The minimum Gasteiger partial charge on any atom is -0.506 e. The third-order valence-electron chi connectivity index (χ3n) is 1.92. The Morgan fingerprint density at radius 3 is 2.86 bits per heavy atom. The Morgan fingerprint density at radius 2 is 2.21 bits per heavy atom. The predicted molar refractivity (Wildman–Crippen MR) is 57.7 cm³/mol. The summed E-state index contributed by atoms with van der Waals surface area (Å²) in [4.78, 5) is 11.3. The van der Waals surface area contributed by atoms with E-state index in [-0.39, 0.29) is 11.3 Å². The highest BCUT2D eigenvalue weighted by atomic mass is 32.1. The van der Waals surface area contributed by atoms with Crippen molar-refractivity contribution in [2.24, 2.45) is 0 Å². The Balaban J connectivity index is 2.88. The Hall–Kier alpha value is -1.20. The Labute approximate surface area is 89.0 Å². The molecule has 0 aliphatic rings. The molecule has 0 atom stereocenters. The largest absolute Gasteiger partial charge is 0.506 e. The number of thiol groups is 1. The maximum Gasteiger partial charge on any atom is 0.339 e. The van der Waals surface area contributed by atoms with Crippen molar-refractivity contribution in [1.29, 1.82) is 0 Å². The summed E-state index contributed by atoms with van der Waals surface area (Å²) < 4.78 is 0.802. The smallest absolute Gasteiger partial charge is 0.339 e. The molecule has 0 bridgehead atoms. The number of aromatic carboxylic acids is 1. The second-order valence-corrected chi connectivity index (χ2v) is 4.16. The van der Waals surface area contributed by atoms with Crippen molar-refractivity contribution in [3.63, 3.8) is 0 Å². The normalized spacial score (nSPS) is 10.6. The van der Waals surface area contributed by atoms with Gasteiger partial charge in [-0.1, -0.05) is 0 Å². The lowest BCUT2D eigenvalue weighted by atomic mass is 10.1. The van der Waals surface area contributed by atoms with Crippen LogP contribution in [0.4, 0.5) is 0 Å². The number of carboxylic acid groups (broad SMARTS) is 1. The highest BCUT2D eigenvalue weighted by Gasteiger charge is 2.15. The fraction of sp³-hybridized carbons (Fsp3) is 0. The van der Waals surface area contributed by atoms with Crippen molar-refractivity contribution >= 4 is 40.0 Å². The van der Waals surface area contributed by atoms with E-state index in [1.54, 1.807) is 11.4 Å². The van der Waals surface area contributed by atoms with Gasteiger partial charge in [-0.15, -0.1) is 24.0 Å². The van der Waals surface area contributed by atoms with Gasteiger partial charge in [0, 0.05) is 10.3 Å². The van der Waals surface area contributed by atoms with Crippen molar-refractivity contribution in [3.8, 4) is 5.75 Å². The number of hydrogen-bond acceptors (Lipinski definition) is 4. The van der Waals surface area contributed by atoms with Crippen LogP contribution in [0, 0.1) is 0 Å². The lowest BCUT2D eigenvalue weighted by Crippen LogP contribution is -1.96. The van der Waals surface area contributed by atoms with Gasteiger partial charge in [0.15, 0.2) is 0 Å². The minimum absolute atomic E-state index is 0.110. The van der Waals surface area contributed by atoms with Crippen LogP contribution in [-0.2, 0) is 0 Å². The van der Waals surface area contributed by atoms with E-state index in [0.717, 1.165) is 4.70 Å². The van der Waals surface area contributed by atoms with Gasteiger partial charge < -0.3 is 10.2 Å². The van der Waals surface area contributed by atoms with E-state index in [1.165, 1.54) is 17.4 Å². The molecule has 2 aromatic rings. The number of benzene rings is 1. The standard InChI is InChI=1S/C9H6O3S2/c10-7-4-1-2-14-8(4)6(13)3-5(7)9(11)12/h1-3,10,13H,(H,11,12). The predicted octanol–water partition coefficient (Wildman–Crippen LogP) is 2.59. The van der Waals surface area contributed by atoms with Crippen molar-refractivity contribution in [3.05, 3.63) is 23.1 Å².